The van der Waals surface area contributed by atoms with E-state index >= 15 is 0 Å². The smallest absolute Gasteiger partial charge is 0.254 e. The third-order valence-electron chi connectivity index (χ3n) is 5.00. The minimum atomic E-state index is -0.135. The summed E-state index contributed by atoms with van der Waals surface area (Å²) in [6.07, 6.45) is 1.29. The van der Waals surface area contributed by atoms with Gasteiger partial charge < -0.3 is 15.5 Å². The summed E-state index contributed by atoms with van der Waals surface area (Å²) in [5, 5.41) is 5.61. The number of hydrogen-bond acceptors (Lipinski definition) is 3. The maximum absolute atomic E-state index is 12.7. The molecule has 146 valence electrons. The van der Waals surface area contributed by atoms with Crippen molar-refractivity contribution >= 4 is 29.1 Å². The van der Waals surface area contributed by atoms with Gasteiger partial charge in [-0.3, -0.25) is 14.4 Å². The molecule has 2 aromatic rings. The van der Waals surface area contributed by atoms with Gasteiger partial charge in [0.15, 0.2) is 0 Å². The summed E-state index contributed by atoms with van der Waals surface area (Å²) in [6, 6.07) is 14.6. The van der Waals surface area contributed by atoms with E-state index in [-0.39, 0.29) is 23.6 Å². The Hall–Kier alpha value is -3.15. The fourth-order valence-corrected chi connectivity index (χ4v) is 3.41. The zero-order valence-electron chi connectivity index (χ0n) is 16.2. The Morgan fingerprint density at radius 3 is 2.04 bits per heavy atom. The number of benzene rings is 2. The first-order valence-corrected chi connectivity index (χ1v) is 9.47. The third-order valence-corrected chi connectivity index (χ3v) is 5.00. The molecule has 0 atom stereocenters. The molecule has 28 heavy (non-hydrogen) atoms. The van der Waals surface area contributed by atoms with Crippen molar-refractivity contribution in [1.29, 1.82) is 0 Å². The fourth-order valence-electron chi connectivity index (χ4n) is 3.41. The Kier molecular flexibility index (Phi) is 6.09. The average molecular weight is 379 g/mol. The quantitative estimate of drug-likeness (QED) is 0.854. The SMILES string of the molecule is CC(=O)Nc1ccc(NC(=O)C2CCN(C(=O)c3ccccc3C)CC2)cc1. The third kappa shape index (κ3) is 4.76. The van der Waals surface area contributed by atoms with Gasteiger partial charge in [-0.05, 0) is 55.7 Å². The summed E-state index contributed by atoms with van der Waals surface area (Å²) < 4.78 is 0. The number of amides is 3. The first-order valence-electron chi connectivity index (χ1n) is 9.47. The lowest BCUT2D eigenvalue weighted by Crippen LogP contribution is -2.41. The van der Waals surface area contributed by atoms with Gasteiger partial charge in [-0.1, -0.05) is 18.2 Å². The molecular weight excluding hydrogens is 354 g/mol. The van der Waals surface area contributed by atoms with Crippen LogP contribution in [0.25, 0.3) is 0 Å². The summed E-state index contributed by atoms with van der Waals surface area (Å²) >= 11 is 0. The topological polar surface area (TPSA) is 78.5 Å². The second-order valence-electron chi connectivity index (χ2n) is 7.13. The van der Waals surface area contributed by atoms with Crippen molar-refractivity contribution in [2.75, 3.05) is 23.7 Å². The van der Waals surface area contributed by atoms with Crippen LogP contribution in [0, 0.1) is 12.8 Å². The molecule has 6 heteroatoms. The van der Waals surface area contributed by atoms with Crippen LogP contribution in [0.2, 0.25) is 0 Å². The van der Waals surface area contributed by atoms with E-state index in [2.05, 4.69) is 10.6 Å². The van der Waals surface area contributed by atoms with Gasteiger partial charge in [-0.15, -0.1) is 0 Å². The van der Waals surface area contributed by atoms with Gasteiger partial charge in [-0.25, -0.2) is 0 Å². The van der Waals surface area contributed by atoms with Crippen molar-refractivity contribution in [3.8, 4) is 0 Å². The van der Waals surface area contributed by atoms with E-state index in [4.69, 9.17) is 0 Å². The van der Waals surface area contributed by atoms with E-state index in [1.165, 1.54) is 6.92 Å². The molecule has 0 bridgehead atoms. The number of piperidine rings is 1. The summed E-state index contributed by atoms with van der Waals surface area (Å²) in [6.45, 7) is 4.54. The molecule has 0 saturated carbocycles. The van der Waals surface area contributed by atoms with Crippen molar-refractivity contribution in [2.24, 2.45) is 5.92 Å². The number of nitrogens with zero attached hydrogens (tertiary/aromatic N) is 1. The standard InChI is InChI=1S/C22H25N3O3/c1-15-5-3-4-6-20(15)22(28)25-13-11-17(12-14-25)21(27)24-19-9-7-18(8-10-19)23-16(2)26/h3-10,17H,11-14H2,1-2H3,(H,23,26)(H,24,27). The lowest BCUT2D eigenvalue weighted by atomic mass is 9.95. The second kappa shape index (κ2) is 8.69. The van der Waals surface area contributed by atoms with E-state index in [9.17, 15) is 14.4 Å². The van der Waals surface area contributed by atoms with E-state index < -0.39 is 0 Å². The van der Waals surface area contributed by atoms with Gasteiger partial charge in [0.25, 0.3) is 5.91 Å². The van der Waals surface area contributed by atoms with Crippen LogP contribution >= 0.6 is 0 Å². The van der Waals surface area contributed by atoms with Crippen LogP contribution in [0.5, 0.6) is 0 Å². The van der Waals surface area contributed by atoms with Crippen LogP contribution in [0.3, 0.4) is 0 Å². The second-order valence-corrected chi connectivity index (χ2v) is 7.13. The maximum Gasteiger partial charge on any atom is 0.254 e. The minimum absolute atomic E-state index is 0.0322. The number of carbonyl (C=O) groups excluding carboxylic acids is 3. The predicted octanol–water partition coefficient (Wildman–Crippen LogP) is 3.44. The molecule has 2 N–H and O–H groups in total. The summed E-state index contributed by atoms with van der Waals surface area (Å²) in [7, 11) is 0. The van der Waals surface area contributed by atoms with Crippen molar-refractivity contribution in [3.05, 3.63) is 59.7 Å². The minimum Gasteiger partial charge on any atom is -0.339 e. The molecule has 2 aromatic carbocycles. The fraction of sp³-hybridized carbons (Fsp3) is 0.318. The van der Waals surface area contributed by atoms with E-state index in [0.29, 0.717) is 37.3 Å². The van der Waals surface area contributed by atoms with Crippen LogP contribution in [-0.4, -0.2) is 35.7 Å². The zero-order valence-corrected chi connectivity index (χ0v) is 16.2. The highest BCUT2D eigenvalue weighted by Gasteiger charge is 2.28. The van der Waals surface area contributed by atoms with Crippen LogP contribution < -0.4 is 10.6 Å². The number of nitrogens with one attached hydrogen (secondary N) is 2. The molecule has 6 nitrogen and oxygen atoms in total. The molecule has 0 aliphatic carbocycles. The van der Waals surface area contributed by atoms with Crippen LogP contribution in [0.1, 0.15) is 35.7 Å². The number of aryl methyl sites for hydroxylation is 1. The van der Waals surface area contributed by atoms with E-state index in [1.54, 1.807) is 24.3 Å². The highest BCUT2D eigenvalue weighted by Crippen LogP contribution is 2.22. The first-order chi connectivity index (χ1) is 13.4. The Morgan fingerprint density at radius 1 is 0.893 bits per heavy atom. The molecule has 0 spiro atoms. The predicted molar refractivity (Wildman–Crippen MR) is 109 cm³/mol. The van der Waals surface area contributed by atoms with Gasteiger partial charge in [0.1, 0.15) is 0 Å². The van der Waals surface area contributed by atoms with Crippen molar-refractivity contribution in [1.82, 2.24) is 4.90 Å². The maximum atomic E-state index is 12.7. The molecule has 1 fully saturated rings. The Labute approximate surface area is 164 Å². The molecule has 1 aliphatic rings. The molecular formula is C22H25N3O3. The summed E-state index contributed by atoms with van der Waals surface area (Å²) in [4.78, 5) is 38.1. The Morgan fingerprint density at radius 2 is 1.46 bits per heavy atom. The normalized spacial score (nSPS) is 14.4. The summed E-state index contributed by atoms with van der Waals surface area (Å²) in [5.41, 5.74) is 3.07. The Bertz CT molecular complexity index is 869. The first kappa shape index (κ1) is 19.6. The number of carbonyl (C=O) groups is 3. The van der Waals surface area contributed by atoms with Gasteiger partial charge >= 0.3 is 0 Å². The highest BCUT2D eigenvalue weighted by atomic mass is 16.2. The van der Waals surface area contributed by atoms with E-state index in [0.717, 1.165) is 11.1 Å². The largest absolute Gasteiger partial charge is 0.339 e. The number of rotatable bonds is 4. The molecule has 1 heterocycles. The van der Waals surface area contributed by atoms with E-state index in [1.807, 2.05) is 36.1 Å². The van der Waals surface area contributed by atoms with Crippen LogP contribution in [-0.2, 0) is 9.59 Å². The molecule has 0 aromatic heterocycles. The van der Waals surface area contributed by atoms with Gasteiger partial charge in [0, 0.05) is 42.9 Å². The lowest BCUT2D eigenvalue weighted by molar-refractivity contribution is -0.121. The molecule has 3 rings (SSSR count). The lowest BCUT2D eigenvalue weighted by Gasteiger charge is -2.31. The van der Waals surface area contributed by atoms with Crippen molar-refractivity contribution in [2.45, 2.75) is 26.7 Å². The Balaban J connectivity index is 1.53. The summed E-state index contributed by atoms with van der Waals surface area (Å²) in [5.74, 6) is -0.250. The monoisotopic (exact) mass is 379 g/mol. The molecule has 0 radical (unpaired) electrons. The average Bonchev–Trinajstić information content (AvgIpc) is 2.69. The molecule has 1 aliphatic heterocycles. The van der Waals surface area contributed by atoms with Gasteiger partial charge in [0.05, 0.1) is 0 Å². The molecule has 1 saturated heterocycles. The van der Waals surface area contributed by atoms with Gasteiger partial charge in [-0.2, -0.15) is 0 Å². The number of anilines is 2. The zero-order chi connectivity index (χ0) is 20.1. The molecule has 0 unspecified atom stereocenters. The number of likely N-dealkylation sites (tertiary alicyclic amines) is 1. The van der Waals surface area contributed by atoms with Crippen LogP contribution in [0.15, 0.2) is 48.5 Å². The van der Waals surface area contributed by atoms with Gasteiger partial charge in [0.2, 0.25) is 11.8 Å². The van der Waals surface area contributed by atoms with Crippen molar-refractivity contribution in [3.63, 3.8) is 0 Å². The highest BCUT2D eigenvalue weighted by molar-refractivity contribution is 5.96. The van der Waals surface area contributed by atoms with Crippen molar-refractivity contribution < 1.29 is 14.4 Å². The molecule has 3 amide bonds. The van der Waals surface area contributed by atoms with Crippen LogP contribution in [0.4, 0.5) is 11.4 Å². The number of hydrogen-bond donors (Lipinski definition) is 2.